The molecule has 6 aromatic rings. The van der Waals surface area contributed by atoms with Crippen molar-refractivity contribution in [3.05, 3.63) is 97.1 Å². The van der Waals surface area contributed by atoms with Crippen LogP contribution in [0.4, 0.5) is 22.7 Å². The Kier molecular flexibility index (Phi) is 8.94. The molecule has 0 aromatic heterocycles. The third-order valence-corrected chi connectivity index (χ3v) is 9.42. The summed E-state index contributed by atoms with van der Waals surface area (Å²) < 4.78 is 79.2. The highest BCUT2D eigenvalue weighted by Gasteiger charge is 2.23. The van der Waals surface area contributed by atoms with Crippen molar-refractivity contribution < 1.29 is 45.6 Å². The van der Waals surface area contributed by atoms with E-state index >= 15 is 0 Å². The second-order valence-corrected chi connectivity index (χ2v) is 13.5. The van der Waals surface area contributed by atoms with Gasteiger partial charge >= 0.3 is 0 Å². The molecule has 0 radical (unpaired) electrons. The zero-order valence-electron chi connectivity index (χ0n) is 26.1. The number of phenols is 2. The minimum absolute atomic E-state index is 0.173. The van der Waals surface area contributed by atoms with E-state index in [2.05, 4.69) is 20.5 Å². The Morgan fingerprint density at radius 3 is 1.26 bits per heavy atom. The maximum absolute atomic E-state index is 12.1. The molecule has 0 heterocycles. The van der Waals surface area contributed by atoms with Gasteiger partial charge in [0.05, 0.1) is 14.2 Å². The molecule has 50 heavy (non-hydrogen) atoms. The van der Waals surface area contributed by atoms with Crippen LogP contribution in [0, 0.1) is 0 Å². The monoisotopic (exact) mass is 714 g/mol. The first-order chi connectivity index (χ1) is 23.8. The lowest BCUT2D eigenvalue weighted by Gasteiger charge is -2.11. The van der Waals surface area contributed by atoms with E-state index in [0.29, 0.717) is 32.7 Å². The maximum Gasteiger partial charge on any atom is 0.296 e. The Labute approximate surface area is 285 Å². The molecule has 16 heteroatoms. The van der Waals surface area contributed by atoms with Gasteiger partial charge in [-0.3, -0.25) is 9.11 Å². The molecule has 14 nitrogen and oxygen atoms in total. The van der Waals surface area contributed by atoms with Gasteiger partial charge in [-0.2, -0.15) is 16.8 Å². The zero-order chi connectivity index (χ0) is 35.8. The van der Waals surface area contributed by atoms with Gasteiger partial charge in [-0.1, -0.05) is 60.7 Å². The van der Waals surface area contributed by atoms with Crippen LogP contribution < -0.4 is 9.47 Å². The van der Waals surface area contributed by atoms with Gasteiger partial charge in [0.1, 0.15) is 44.0 Å². The smallest absolute Gasteiger partial charge is 0.296 e. The number of methoxy groups -OCH3 is 2. The van der Waals surface area contributed by atoms with Crippen LogP contribution >= 0.6 is 0 Å². The summed E-state index contributed by atoms with van der Waals surface area (Å²) in [5.74, 6) is -0.506. The van der Waals surface area contributed by atoms with Gasteiger partial charge in [0, 0.05) is 10.8 Å². The summed E-state index contributed by atoms with van der Waals surface area (Å²) in [4.78, 5) is -1.25. The lowest BCUT2D eigenvalue weighted by Crippen LogP contribution is -1.99. The highest BCUT2D eigenvalue weighted by Crippen LogP contribution is 2.44. The molecular weight excluding hydrogens is 689 g/mol. The van der Waals surface area contributed by atoms with Gasteiger partial charge in [0.2, 0.25) is 0 Å². The zero-order valence-corrected chi connectivity index (χ0v) is 27.7. The fraction of sp³-hybridized carbons (Fsp3) is 0.0588. The third kappa shape index (κ3) is 6.55. The Morgan fingerprint density at radius 1 is 0.520 bits per heavy atom. The number of fused-ring (bicyclic) bond motifs is 2. The summed E-state index contributed by atoms with van der Waals surface area (Å²) in [6.45, 7) is 0. The van der Waals surface area contributed by atoms with Crippen LogP contribution in [-0.2, 0) is 20.2 Å². The number of hydrogen-bond acceptors (Lipinski definition) is 12. The van der Waals surface area contributed by atoms with Crippen molar-refractivity contribution in [2.24, 2.45) is 20.5 Å². The molecule has 254 valence electrons. The summed E-state index contributed by atoms with van der Waals surface area (Å²) in [7, 11) is -6.78. The largest absolute Gasteiger partial charge is 0.505 e. The van der Waals surface area contributed by atoms with E-state index in [1.807, 2.05) is 0 Å². The summed E-state index contributed by atoms with van der Waals surface area (Å²) >= 11 is 0. The van der Waals surface area contributed by atoms with Crippen molar-refractivity contribution in [3.63, 3.8) is 0 Å². The number of azo groups is 2. The van der Waals surface area contributed by atoms with Gasteiger partial charge < -0.3 is 19.7 Å². The van der Waals surface area contributed by atoms with Crippen molar-refractivity contribution >= 4 is 64.5 Å². The first kappa shape index (κ1) is 33.9. The molecular formula is C34H26N4O10S2. The first-order valence-electron chi connectivity index (χ1n) is 14.4. The second kappa shape index (κ2) is 13.2. The average molecular weight is 715 g/mol. The number of nitrogens with zero attached hydrogens (tertiary/aromatic N) is 4. The Bertz CT molecular complexity index is 2430. The summed E-state index contributed by atoms with van der Waals surface area (Å²) in [5.41, 5.74) is 0.686. The Hall–Kier alpha value is -5.94. The molecule has 0 spiro atoms. The molecule has 0 aliphatic carbocycles. The van der Waals surface area contributed by atoms with Crippen LogP contribution in [0.15, 0.2) is 127 Å². The summed E-state index contributed by atoms with van der Waals surface area (Å²) in [5, 5.41) is 39.2. The molecule has 0 saturated carbocycles. The van der Waals surface area contributed by atoms with Crippen LogP contribution in [-0.4, -0.2) is 50.4 Å². The average Bonchev–Trinajstić information content (AvgIpc) is 3.09. The fourth-order valence-corrected chi connectivity index (χ4v) is 6.57. The van der Waals surface area contributed by atoms with Gasteiger partial charge in [-0.15, -0.1) is 20.5 Å². The van der Waals surface area contributed by atoms with Crippen molar-refractivity contribution in [2.75, 3.05) is 14.2 Å². The SMILES string of the molecule is COc1cc(-c2ccc(/N=N/c3c(S(=O)(=O)O)cc4ccccc4c3O)c(OC)c2)ccc1/N=N/c1c(S(=O)(=O)O)cc2ccccc2c1O. The molecule has 0 bridgehead atoms. The van der Waals surface area contributed by atoms with E-state index in [4.69, 9.17) is 9.47 Å². The number of hydrogen-bond donors (Lipinski definition) is 4. The van der Waals surface area contributed by atoms with Crippen LogP contribution in [0.3, 0.4) is 0 Å². The molecule has 4 N–H and O–H groups in total. The highest BCUT2D eigenvalue weighted by molar-refractivity contribution is 7.86. The van der Waals surface area contributed by atoms with Gasteiger partial charge in [0.15, 0.2) is 11.5 Å². The molecule has 0 atom stereocenters. The Balaban J connectivity index is 1.35. The highest BCUT2D eigenvalue weighted by atomic mass is 32.2. The van der Waals surface area contributed by atoms with E-state index in [9.17, 15) is 36.2 Å². The summed E-state index contributed by atoms with van der Waals surface area (Å²) in [6.07, 6.45) is 0. The molecule has 0 aliphatic heterocycles. The predicted octanol–water partition coefficient (Wildman–Crippen LogP) is 8.41. The first-order valence-corrected chi connectivity index (χ1v) is 17.3. The second-order valence-electron chi connectivity index (χ2n) is 10.7. The number of rotatable bonds is 9. The summed E-state index contributed by atoms with van der Waals surface area (Å²) in [6, 6.07) is 24.9. The lowest BCUT2D eigenvalue weighted by atomic mass is 10.0. The van der Waals surface area contributed by atoms with Crippen molar-refractivity contribution in [1.82, 2.24) is 0 Å². The minimum Gasteiger partial charge on any atom is -0.505 e. The number of aromatic hydroxyl groups is 2. The van der Waals surface area contributed by atoms with Crippen LogP contribution in [0.1, 0.15) is 0 Å². The maximum atomic E-state index is 12.1. The van der Waals surface area contributed by atoms with Gasteiger partial charge in [-0.25, -0.2) is 0 Å². The van der Waals surface area contributed by atoms with E-state index in [-0.39, 0.29) is 22.9 Å². The number of ether oxygens (including phenoxy) is 2. The fourth-order valence-electron chi connectivity index (χ4n) is 5.26. The molecule has 0 aliphatic rings. The van der Waals surface area contributed by atoms with E-state index in [1.165, 1.54) is 26.4 Å². The normalized spacial score (nSPS) is 12.3. The molecule has 0 amide bonds. The molecule has 0 unspecified atom stereocenters. The quantitative estimate of drug-likeness (QED) is 0.0827. The van der Waals surface area contributed by atoms with Crippen LogP contribution in [0.5, 0.6) is 23.0 Å². The van der Waals surface area contributed by atoms with Gasteiger partial charge in [0.25, 0.3) is 20.2 Å². The number of phenolic OH excluding ortho intramolecular Hbond substituents is 2. The van der Waals surface area contributed by atoms with Crippen molar-refractivity contribution in [2.45, 2.75) is 9.79 Å². The topological polar surface area (TPSA) is 217 Å². The van der Waals surface area contributed by atoms with E-state index in [1.54, 1.807) is 84.9 Å². The van der Waals surface area contributed by atoms with Crippen LogP contribution in [0.25, 0.3) is 32.7 Å². The van der Waals surface area contributed by atoms with Gasteiger partial charge in [-0.05, 0) is 58.3 Å². The molecule has 6 aromatic carbocycles. The van der Waals surface area contributed by atoms with Crippen molar-refractivity contribution in [1.29, 1.82) is 0 Å². The predicted molar refractivity (Wildman–Crippen MR) is 184 cm³/mol. The van der Waals surface area contributed by atoms with E-state index < -0.39 is 52.9 Å². The Morgan fingerprint density at radius 2 is 0.900 bits per heavy atom. The van der Waals surface area contributed by atoms with E-state index in [0.717, 1.165) is 0 Å². The van der Waals surface area contributed by atoms with Crippen molar-refractivity contribution in [3.8, 4) is 34.1 Å². The minimum atomic E-state index is -4.78. The molecule has 6 rings (SSSR count). The third-order valence-electron chi connectivity index (χ3n) is 7.68. The lowest BCUT2D eigenvalue weighted by molar-refractivity contribution is 0.415. The van der Waals surface area contributed by atoms with Crippen LogP contribution in [0.2, 0.25) is 0 Å². The standard InChI is InChI=1S/C34H26N4O10S2/c1-47-27-15-19(11-13-25(27)35-37-31-29(49(41,42)43)17-21-7-3-5-9-23(21)33(31)39)20-12-14-26(28(16-20)48-2)36-38-32-30(50(44,45)46)18-22-8-4-6-10-24(22)34(32)40/h3-18,39-40H,1-2H3,(H,41,42,43)(H,44,45,46)/b37-35+,38-36+. The number of benzene rings is 6. The molecule has 0 fully saturated rings. The molecule has 0 saturated heterocycles.